The highest BCUT2D eigenvalue weighted by atomic mass is 127. The number of aromatic amines is 1. The molecule has 0 unspecified atom stereocenters. The lowest BCUT2D eigenvalue weighted by atomic mass is 10.5. The number of fused-ring (bicyclic) bond motifs is 1. The van der Waals surface area contributed by atoms with Crippen LogP contribution >= 0.6 is 38.5 Å². The summed E-state index contributed by atoms with van der Waals surface area (Å²) in [6.45, 7) is 0. The third kappa shape index (κ3) is 1.09. The Hall–Kier alpha value is -0.370. The minimum atomic E-state index is -0.213. The van der Waals surface area contributed by atoms with E-state index in [4.69, 9.17) is 0 Å². The van der Waals surface area contributed by atoms with Crippen molar-refractivity contribution in [3.8, 4) is 0 Å². The van der Waals surface area contributed by atoms with Gasteiger partial charge in [-0.2, -0.15) is 5.10 Å². The molecule has 0 aliphatic heterocycles. The van der Waals surface area contributed by atoms with Crippen molar-refractivity contribution in [2.24, 2.45) is 0 Å². The molecule has 2 heterocycles. The van der Waals surface area contributed by atoms with Crippen molar-refractivity contribution in [1.82, 2.24) is 14.6 Å². The predicted molar refractivity (Wildman–Crippen MR) is 56.2 cm³/mol. The van der Waals surface area contributed by atoms with Crippen LogP contribution in [0.5, 0.6) is 0 Å². The zero-order valence-corrected chi connectivity index (χ0v) is 9.46. The molecule has 0 amide bonds. The third-order valence-electron chi connectivity index (χ3n) is 1.48. The van der Waals surface area contributed by atoms with Gasteiger partial charge in [0, 0.05) is 10.7 Å². The third-order valence-corrected chi connectivity index (χ3v) is 3.95. The average molecular weight is 340 g/mol. The van der Waals surface area contributed by atoms with Gasteiger partial charge in [0.1, 0.15) is 0 Å². The number of pyridine rings is 1. The maximum absolute atomic E-state index is 11.1. The summed E-state index contributed by atoms with van der Waals surface area (Å²) in [5, 5.41) is 6.24. The Labute approximate surface area is 89.2 Å². The normalized spacial score (nSPS) is 10.8. The largest absolute Gasteiger partial charge is 0.347 e. The first kappa shape index (κ1) is 8.24. The van der Waals surface area contributed by atoms with E-state index in [9.17, 15) is 4.79 Å². The van der Waals surface area contributed by atoms with Crippen molar-refractivity contribution in [2.75, 3.05) is 0 Å². The molecule has 0 fully saturated rings. The van der Waals surface area contributed by atoms with Crippen LogP contribution in [-0.2, 0) is 0 Å². The Kier molecular flexibility index (Phi) is 1.95. The number of rotatable bonds is 0. The summed E-state index contributed by atoms with van der Waals surface area (Å²) < 4.78 is 3.33. The van der Waals surface area contributed by atoms with Crippen molar-refractivity contribution in [1.29, 1.82) is 0 Å². The Morgan fingerprint density at radius 2 is 2.42 bits per heavy atom. The molecule has 2 aromatic heterocycles. The van der Waals surface area contributed by atoms with Crippen LogP contribution in [-0.4, -0.2) is 14.6 Å². The molecule has 0 spiro atoms. The van der Waals surface area contributed by atoms with Gasteiger partial charge >= 0.3 is 5.69 Å². The number of nitrogens with one attached hydrogen (secondary N) is 1. The summed E-state index contributed by atoms with van der Waals surface area (Å²) in [4.78, 5) is 11.1. The zero-order valence-electron chi connectivity index (χ0n) is 5.71. The smallest absolute Gasteiger partial charge is 0.250 e. The Morgan fingerprint density at radius 3 is 3.17 bits per heavy atom. The Balaban J connectivity index is 3.02. The van der Waals surface area contributed by atoms with Gasteiger partial charge in [-0.3, -0.25) is 0 Å². The second kappa shape index (κ2) is 2.84. The highest BCUT2D eigenvalue weighted by Crippen LogP contribution is 2.20. The molecule has 1 N–H and O–H groups in total. The van der Waals surface area contributed by atoms with E-state index in [2.05, 4.69) is 48.7 Å². The van der Waals surface area contributed by atoms with Crippen molar-refractivity contribution in [2.45, 2.75) is 0 Å². The number of hydrogen-bond acceptors (Lipinski definition) is 2. The summed E-state index contributed by atoms with van der Waals surface area (Å²) in [6.07, 6.45) is 1.67. The van der Waals surface area contributed by atoms with Crippen LogP contribution in [0.25, 0.3) is 5.65 Å². The monoisotopic (exact) mass is 339 g/mol. The van der Waals surface area contributed by atoms with Crippen LogP contribution in [0, 0.1) is 3.57 Å². The molecule has 0 bridgehead atoms. The summed E-state index contributed by atoms with van der Waals surface area (Å²) in [6, 6.07) is 1.81. The first-order chi connectivity index (χ1) is 5.70. The topological polar surface area (TPSA) is 50.2 Å². The van der Waals surface area contributed by atoms with E-state index >= 15 is 0 Å². The van der Waals surface area contributed by atoms with Gasteiger partial charge in [-0.1, -0.05) is 0 Å². The maximum Gasteiger partial charge on any atom is 0.347 e. The van der Waals surface area contributed by atoms with E-state index in [1.807, 2.05) is 6.07 Å². The second-order valence-corrected chi connectivity index (χ2v) is 4.13. The fourth-order valence-corrected chi connectivity index (χ4v) is 1.77. The minimum Gasteiger partial charge on any atom is -0.250 e. The van der Waals surface area contributed by atoms with E-state index in [1.54, 1.807) is 6.20 Å². The SMILES string of the molecule is O=c1[nH]nc2c(I)c(Br)ccn12. The van der Waals surface area contributed by atoms with Gasteiger partial charge < -0.3 is 0 Å². The van der Waals surface area contributed by atoms with Crippen LogP contribution in [0.2, 0.25) is 0 Å². The minimum absolute atomic E-state index is 0.213. The van der Waals surface area contributed by atoms with E-state index in [1.165, 1.54) is 4.40 Å². The van der Waals surface area contributed by atoms with Crippen molar-refractivity contribution >= 4 is 44.2 Å². The summed E-state index contributed by atoms with van der Waals surface area (Å²) in [7, 11) is 0. The lowest BCUT2D eigenvalue weighted by molar-refractivity contribution is 1.02. The number of nitrogens with zero attached hydrogens (tertiary/aromatic N) is 2. The van der Waals surface area contributed by atoms with Gasteiger partial charge in [0.25, 0.3) is 0 Å². The molecule has 4 nitrogen and oxygen atoms in total. The lowest BCUT2D eigenvalue weighted by Crippen LogP contribution is -2.08. The second-order valence-electron chi connectivity index (χ2n) is 2.20. The molecule has 0 aliphatic rings. The molecule has 12 heavy (non-hydrogen) atoms. The molecule has 0 atom stereocenters. The molecule has 0 saturated heterocycles. The highest BCUT2D eigenvalue weighted by molar-refractivity contribution is 14.1. The zero-order chi connectivity index (χ0) is 8.72. The predicted octanol–water partition coefficient (Wildman–Crippen LogP) is 1.39. The number of aromatic nitrogens is 3. The Morgan fingerprint density at radius 1 is 1.67 bits per heavy atom. The van der Waals surface area contributed by atoms with Crippen molar-refractivity contribution in [3.63, 3.8) is 0 Å². The van der Waals surface area contributed by atoms with Gasteiger partial charge in [0.05, 0.1) is 3.57 Å². The molecular weight excluding hydrogens is 337 g/mol. The molecule has 0 aliphatic carbocycles. The standard InChI is InChI=1S/C6H3BrIN3O/c7-3-1-2-11-5(4(3)8)9-10-6(11)12/h1-2H,(H,10,12). The Bertz CT molecular complexity index is 489. The molecule has 0 radical (unpaired) electrons. The van der Waals surface area contributed by atoms with Crippen molar-refractivity contribution < 1.29 is 0 Å². The van der Waals surface area contributed by atoms with Gasteiger partial charge in [-0.15, -0.1) is 0 Å². The lowest BCUT2D eigenvalue weighted by Gasteiger charge is -1.95. The van der Waals surface area contributed by atoms with Crippen LogP contribution in [0.4, 0.5) is 0 Å². The highest BCUT2D eigenvalue weighted by Gasteiger charge is 2.05. The molecule has 2 aromatic rings. The van der Waals surface area contributed by atoms with Gasteiger partial charge in [0.2, 0.25) is 0 Å². The molecular formula is C6H3BrIN3O. The number of H-pyrrole nitrogens is 1. The molecule has 62 valence electrons. The summed E-state index contributed by atoms with van der Waals surface area (Å²) >= 11 is 5.48. The fourth-order valence-electron chi connectivity index (χ4n) is 0.918. The van der Waals surface area contributed by atoms with Crippen molar-refractivity contribution in [3.05, 3.63) is 30.8 Å². The van der Waals surface area contributed by atoms with Crippen LogP contribution in [0.1, 0.15) is 0 Å². The van der Waals surface area contributed by atoms with E-state index in [-0.39, 0.29) is 5.69 Å². The maximum atomic E-state index is 11.1. The first-order valence-corrected chi connectivity index (χ1v) is 4.98. The van der Waals surface area contributed by atoms with Gasteiger partial charge in [-0.25, -0.2) is 14.3 Å². The molecule has 6 heteroatoms. The van der Waals surface area contributed by atoms with Crippen LogP contribution in [0.15, 0.2) is 21.5 Å². The van der Waals surface area contributed by atoms with Crippen LogP contribution < -0.4 is 5.69 Å². The molecule has 0 aromatic carbocycles. The van der Waals surface area contributed by atoms with Gasteiger partial charge in [-0.05, 0) is 44.6 Å². The molecule has 2 rings (SSSR count). The number of hydrogen-bond donors (Lipinski definition) is 1. The quantitative estimate of drug-likeness (QED) is 0.737. The summed E-state index contributed by atoms with van der Waals surface area (Å²) in [5.74, 6) is 0. The summed E-state index contributed by atoms with van der Waals surface area (Å²) in [5.41, 5.74) is 0.436. The first-order valence-electron chi connectivity index (χ1n) is 3.11. The number of halogens is 2. The van der Waals surface area contributed by atoms with E-state index in [0.717, 1.165) is 8.04 Å². The van der Waals surface area contributed by atoms with E-state index < -0.39 is 0 Å². The average Bonchev–Trinajstić information content (AvgIpc) is 2.41. The molecule has 0 saturated carbocycles. The van der Waals surface area contributed by atoms with Gasteiger partial charge in [0.15, 0.2) is 5.65 Å². The van der Waals surface area contributed by atoms with Crippen LogP contribution in [0.3, 0.4) is 0 Å². The fraction of sp³-hybridized carbons (Fsp3) is 0. The van der Waals surface area contributed by atoms with E-state index in [0.29, 0.717) is 5.65 Å².